The number of hydrogen-bond acceptors (Lipinski definition) is 2. The minimum Gasteiger partial charge on any atom is -0.312 e. The first-order chi connectivity index (χ1) is 30.7. The van der Waals surface area contributed by atoms with E-state index in [-0.39, 0.29) is 6.67 Å². The number of nitrogens with zero attached hydrogens (tertiary/aromatic N) is 3. The number of hydrogen-bond donors (Lipinski definition) is 1. The molecule has 0 radical (unpaired) electrons. The second-order valence-corrected chi connectivity index (χ2v) is 16.4. The Balaban J connectivity index is 0.933. The van der Waals surface area contributed by atoms with Crippen molar-refractivity contribution in [2.75, 3.05) is 6.67 Å². The zero-order chi connectivity index (χ0) is 40.9. The van der Waals surface area contributed by atoms with Crippen molar-refractivity contribution >= 4 is 70.9 Å². The van der Waals surface area contributed by atoms with E-state index in [1.54, 1.807) is 0 Å². The molecule has 0 bridgehead atoms. The fourth-order valence-electron chi connectivity index (χ4n) is 10.4. The average molecular weight is 791 g/mol. The van der Waals surface area contributed by atoms with Gasteiger partial charge in [-0.3, -0.25) is 4.99 Å². The lowest BCUT2D eigenvalue weighted by Crippen LogP contribution is -2.05. The molecule has 0 fully saturated rings. The van der Waals surface area contributed by atoms with Crippen molar-refractivity contribution in [2.24, 2.45) is 10.7 Å². The van der Waals surface area contributed by atoms with Gasteiger partial charge in [0, 0.05) is 49.4 Å². The van der Waals surface area contributed by atoms with E-state index in [4.69, 9.17) is 10.7 Å². The molecule has 2 aromatic heterocycles. The number of fused-ring (bicyclic) bond motifs is 12. The van der Waals surface area contributed by atoms with Gasteiger partial charge in [-0.1, -0.05) is 146 Å². The van der Waals surface area contributed by atoms with Crippen molar-refractivity contribution in [3.8, 4) is 44.8 Å². The first-order valence-electron chi connectivity index (χ1n) is 21.3. The van der Waals surface area contributed by atoms with Crippen LogP contribution in [-0.4, -0.2) is 21.5 Å². The average Bonchev–Trinajstić information content (AvgIpc) is 3.97. The Morgan fingerprint density at radius 3 is 1.81 bits per heavy atom. The molecule has 0 saturated carbocycles. The minimum atomic E-state index is 0.246. The quantitative estimate of drug-likeness (QED) is 0.185. The number of benzene rings is 10. The van der Waals surface area contributed by atoms with Crippen LogP contribution in [0.5, 0.6) is 0 Å². The van der Waals surface area contributed by atoms with Crippen LogP contribution in [0.25, 0.3) is 110 Å². The molecule has 290 valence electrons. The molecule has 0 saturated heterocycles. The highest BCUT2D eigenvalue weighted by molar-refractivity contribution is 6.27. The molecule has 2 heterocycles. The van der Waals surface area contributed by atoms with Gasteiger partial charge < -0.3 is 14.9 Å². The zero-order valence-electron chi connectivity index (χ0n) is 33.8. The van der Waals surface area contributed by atoms with Gasteiger partial charge in [0.2, 0.25) is 0 Å². The van der Waals surface area contributed by atoms with Gasteiger partial charge in [0.05, 0.1) is 34.4 Å². The summed E-state index contributed by atoms with van der Waals surface area (Å²) in [6, 6.07) is 75.5. The van der Waals surface area contributed by atoms with Crippen LogP contribution in [0.2, 0.25) is 0 Å². The molecule has 0 amide bonds. The van der Waals surface area contributed by atoms with Crippen molar-refractivity contribution in [1.82, 2.24) is 9.13 Å². The van der Waals surface area contributed by atoms with Crippen molar-refractivity contribution in [2.45, 2.75) is 0 Å². The molecule has 62 heavy (non-hydrogen) atoms. The fourth-order valence-corrected chi connectivity index (χ4v) is 10.4. The molecule has 12 aromatic rings. The Hall–Kier alpha value is -8.05. The van der Waals surface area contributed by atoms with E-state index < -0.39 is 0 Å². The summed E-state index contributed by atoms with van der Waals surface area (Å²) in [5.41, 5.74) is 23.6. The Bertz CT molecular complexity index is 3850. The summed E-state index contributed by atoms with van der Waals surface area (Å²) in [5.74, 6) is 0. The summed E-state index contributed by atoms with van der Waals surface area (Å²) < 4.78 is 4.83. The third-order valence-electron chi connectivity index (χ3n) is 13.1. The van der Waals surface area contributed by atoms with Gasteiger partial charge in [-0.25, -0.2) is 0 Å². The maximum Gasteiger partial charge on any atom is 0.0867 e. The van der Waals surface area contributed by atoms with E-state index in [0.717, 1.165) is 22.5 Å². The Kier molecular flexibility index (Phi) is 7.56. The number of nitrogens with two attached hydrogens (primary N) is 1. The van der Waals surface area contributed by atoms with Crippen LogP contribution in [-0.2, 0) is 0 Å². The summed E-state index contributed by atoms with van der Waals surface area (Å²) in [7, 11) is 0. The lowest BCUT2D eigenvalue weighted by molar-refractivity contribution is 1.07. The van der Waals surface area contributed by atoms with E-state index in [1.165, 1.54) is 104 Å². The van der Waals surface area contributed by atoms with Gasteiger partial charge in [0.25, 0.3) is 0 Å². The normalized spacial score (nSPS) is 13.0. The van der Waals surface area contributed by atoms with Crippen LogP contribution in [0.4, 0.5) is 0 Å². The predicted molar refractivity (Wildman–Crippen MR) is 261 cm³/mol. The largest absolute Gasteiger partial charge is 0.312 e. The van der Waals surface area contributed by atoms with Gasteiger partial charge in [-0.15, -0.1) is 0 Å². The molecule has 1 aliphatic carbocycles. The molecular formula is C58H38N4. The van der Waals surface area contributed by atoms with Crippen molar-refractivity contribution in [1.29, 1.82) is 0 Å². The standard InChI is InChI=1S/C58H38N4/c59-35-60-57-50-16-5-4-13-46(50)49-18-10-17-44(56(49)57)40-22-21-38-33-43(27-23-36(38)31-40)62-54-20-9-6-14-47(54)51-29-25-41-32-37(24-28-45(41)58(51)62)39-26-30-55-52(34-39)48-15-7-8-19-53(48)61(55)42-11-2-1-3-12-42/h1-34H,35,59H2/b60-57-. The molecule has 0 atom stereocenters. The number of rotatable bonds is 5. The molecule has 0 spiro atoms. The minimum absolute atomic E-state index is 0.246. The number of para-hydroxylation sites is 3. The summed E-state index contributed by atoms with van der Waals surface area (Å²) in [6.45, 7) is 0.246. The van der Waals surface area contributed by atoms with E-state index in [1.807, 2.05) is 0 Å². The molecule has 4 heteroatoms. The van der Waals surface area contributed by atoms with E-state index >= 15 is 0 Å². The molecule has 13 rings (SSSR count). The molecule has 0 aliphatic heterocycles. The van der Waals surface area contributed by atoms with E-state index in [9.17, 15) is 0 Å². The zero-order valence-corrected chi connectivity index (χ0v) is 33.8. The van der Waals surface area contributed by atoms with Crippen LogP contribution < -0.4 is 5.73 Å². The van der Waals surface area contributed by atoms with Gasteiger partial charge >= 0.3 is 0 Å². The molecule has 0 unspecified atom stereocenters. The van der Waals surface area contributed by atoms with Gasteiger partial charge in [-0.05, 0) is 110 Å². The Morgan fingerprint density at radius 2 is 0.952 bits per heavy atom. The summed E-state index contributed by atoms with van der Waals surface area (Å²) in [4.78, 5) is 4.81. The van der Waals surface area contributed by atoms with Crippen molar-refractivity contribution in [3.63, 3.8) is 0 Å². The second kappa shape index (κ2) is 13.5. The highest BCUT2D eigenvalue weighted by Gasteiger charge is 2.27. The third-order valence-corrected chi connectivity index (χ3v) is 13.1. The topological polar surface area (TPSA) is 48.2 Å². The number of aliphatic imine (C=N–C) groups is 1. The lowest BCUT2D eigenvalue weighted by Gasteiger charge is -2.14. The predicted octanol–water partition coefficient (Wildman–Crippen LogP) is 14.3. The van der Waals surface area contributed by atoms with Crippen LogP contribution in [0.1, 0.15) is 11.1 Å². The first kappa shape index (κ1) is 34.8. The van der Waals surface area contributed by atoms with Crippen molar-refractivity contribution in [3.05, 3.63) is 217 Å². The molecule has 2 N–H and O–H groups in total. The molecule has 10 aromatic carbocycles. The highest BCUT2D eigenvalue weighted by atomic mass is 15.0. The van der Waals surface area contributed by atoms with Crippen LogP contribution in [0.3, 0.4) is 0 Å². The monoisotopic (exact) mass is 790 g/mol. The summed E-state index contributed by atoms with van der Waals surface area (Å²) in [5, 5.41) is 9.83. The fraction of sp³-hybridized carbons (Fsp3) is 0.0172. The smallest absolute Gasteiger partial charge is 0.0867 e. The maximum atomic E-state index is 6.03. The van der Waals surface area contributed by atoms with Crippen molar-refractivity contribution < 1.29 is 0 Å². The van der Waals surface area contributed by atoms with Crippen LogP contribution >= 0.6 is 0 Å². The number of aromatic nitrogens is 2. The molecule has 4 nitrogen and oxygen atoms in total. The van der Waals surface area contributed by atoms with Gasteiger partial charge in [0.1, 0.15) is 0 Å². The second-order valence-electron chi connectivity index (χ2n) is 16.4. The summed E-state index contributed by atoms with van der Waals surface area (Å²) >= 11 is 0. The first-order valence-corrected chi connectivity index (χ1v) is 21.3. The Labute approximate surface area is 358 Å². The van der Waals surface area contributed by atoms with Crippen LogP contribution in [0, 0.1) is 0 Å². The third kappa shape index (κ3) is 5.08. The highest BCUT2D eigenvalue weighted by Crippen LogP contribution is 2.44. The van der Waals surface area contributed by atoms with Gasteiger partial charge in [-0.2, -0.15) is 0 Å². The van der Waals surface area contributed by atoms with E-state index in [0.29, 0.717) is 0 Å². The van der Waals surface area contributed by atoms with Gasteiger partial charge in [0.15, 0.2) is 0 Å². The van der Waals surface area contributed by atoms with E-state index in [2.05, 4.69) is 215 Å². The summed E-state index contributed by atoms with van der Waals surface area (Å²) in [6.07, 6.45) is 0. The lowest BCUT2D eigenvalue weighted by atomic mass is 9.93. The maximum absolute atomic E-state index is 6.03. The molecular weight excluding hydrogens is 753 g/mol. The SMILES string of the molecule is NC/N=C1/c2ccccc2-c2cccc(-c3ccc4cc(-n5c6ccccc6c6ccc7cc(-c8ccc9c(c8)c8ccccc8n9-c8ccccc8)ccc7c65)ccc4c3)c21. The Morgan fingerprint density at radius 1 is 0.355 bits per heavy atom. The molecule has 1 aliphatic rings. The van der Waals surface area contributed by atoms with Crippen LogP contribution in [0.15, 0.2) is 211 Å².